The van der Waals surface area contributed by atoms with E-state index < -0.39 is 12.0 Å². The summed E-state index contributed by atoms with van der Waals surface area (Å²) >= 11 is 6.34. The van der Waals surface area contributed by atoms with Gasteiger partial charge < -0.3 is 5.32 Å². The average molecular weight is 288 g/mol. The molecule has 0 aliphatic heterocycles. The van der Waals surface area contributed by atoms with Crippen LogP contribution in [-0.4, -0.2) is 21.8 Å². The Hall–Kier alpha value is -0.560. The second-order valence-electron chi connectivity index (χ2n) is 4.38. The van der Waals surface area contributed by atoms with Crippen LogP contribution in [-0.2, 0) is 6.18 Å². The fraction of sp³-hybridized carbons (Fsp3) is 0.778. The number of nitrogens with zero attached hydrogens (tertiary/aromatic N) is 2. The van der Waals surface area contributed by atoms with Crippen molar-refractivity contribution in [2.45, 2.75) is 26.4 Å². The summed E-state index contributed by atoms with van der Waals surface area (Å²) in [7, 11) is 0. The number of hydrogen-bond acceptors (Lipinski definition) is 4. The molecule has 0 fully saturated rings. The van der Waals surface area contributed by atoms with E-state index in [1.54, 1.807) is 0 Å². The number of aromatic nitrogens is 2. The second-order valence-corrected chi connectivity index (χ2v) is 5.51. The molecule has 0 saturated carbocycles. The molecule has 1 aromatic heterocycles. The van der Waals surface area contributed by atoms with Crippen molar-refractivity contribution >= 4 is 28.3 Å². The van der Waals surface area contributed by atoms with E-state index in [1.807, 2.05) is 13.8 Å². The van der Waals surface area contributed by atoms with Crippen molar-refractivity contribution in [3.63, 3.8) is 0 Å². The van der Waals surface area contributed by atoms with E-state index in [0.717, 1.165) is 6.42 Å². The third-order valence-electron chi connectivity index (χ3n) is 2.17. The van der Waals surface area contributed by atoms with E-state index in [4.69, 9.17) is 11.6 Å². The number of halogens is 4. The van der Waals surface area contributed by atoms with Crippen molar-refractivity contribution in [2.24, 2.45) is 5.41 Å². The Morgan fingerprint density at radius 2 is 2.00 bits per heavy atom. The molecule has 0 bridgehead atoms. The van der Waals surface area contributed by atoms with E-state index in [9.17, 15) is 13.2 Å². The first-order valence-corrected chi connectivity index (χ1v) is 6.26. The minimum Gasteiger partial charge on any atom is -0.360 e. The van der Waals surface area contributed by atoms with Crippen LogP contribution in [0.1, 0.15) is 26.1 Å². The zero-order valence-electron chi connectivity index (χ0n) is 9.44. The summed E-state index contributed by atoms with van der Waals surface area (Å²) in [6.07, 6.45) is -3.71. The van der Waals surface area contributed by atoms with Crippen LogP contribution in [0, 0.1) is 5.41 Å². The lowest BCUT2D eigenvalue weighted by Crippen LogP contribution is -2.23. The normalized spacial score (nSPS) is 12.8. The van der Waals surface area contributed by atoms with Gasteiger partial charge in [0.1, 0.15) is 0 Å². The van der Waals surface area contributed by atoms with Gasteiger partial charge in [0.25, 0.3) is 0 Å². The zero-order valence-corrected chi connectivity index (χ0v) is 11.0. The predicted octanol–water partition coefficient (Wildman–Crippen LogP) is 3.62. The van der Waals surface area contributed by atoms with Crippen LogP contribution in [0.3, 0.4) is 0 Å². The van der Waals surface area contributed by atoms with Crippen LogP contribution in [0.2, 0.25) is 0 Å². The van der Waals surface area contributed by atoms with Gasteiger partial charge in [-0.2, -0.15) is 22.5 Å². The minimum atomic E-state index is -4.48. The van der Waals surface area contributed by atoms with Crippen molar-refractivity contribution in [3.8, 4) is 0 Å². The summed E-state index contributed by atoms with van der Waals surface area (Å²) in [6.45, 7) is 4.47. The lowest BCUT2D eigenvalue weighted by atomic mass is 9.90. The molecule has 0 spiro atoms. The molecular formula is C9H13ClF3N3S. The van der Waals surface area contributed by atoms with Gasteiger partial charge in [-0.05, 0) is 11.8 Å². The van der Waals surface area contributed by atoms with Gasteiger partial charge in [0.05, 0.1) is 0 Å². The van der Waals surface area contributed by atoms with Crippen LogP contribution in [0.5, 0.6) is 0 Å². The molecule has 1 N–H and O–H groups in total. The summed E-state index contributed by atoms with van der Waals surface area (Å²) in [5.74, 6) is -0.585. The summed E-state index contributed by atoms with van der Waals surface area (Å²) in [5, 5.41) is 3.03. The Kier molecular flexibility index (Phi) is 4.60. The molecule has 3 nitrogen and oxygen atoms in total. The number of rotatable bonds is 5. The molecule has 17 heavy (non-hydrogen) atoms. The Bertz CT molecular complexity index is 365. The highest BCUT2D eigenvalue weighted by Crippen LogP contribution is 2.29. The van der Waals surface area contributed by atoms with E-state index in [0.29, 0.717) is 24.0 Å². The summed E-state index contributed by atoms with van der Waals surface area (Å²) in [6, 6.07) is 0. The molecule has 0 aromatic carbocycles. The quantitative estimate of drug-likeness (QED) is 0.841. The molecule has 0 unspecified atom stereocenters. The first-order valence-electron chi connectivity index (χ1n) is 4.95. The number of anilines is 1. The molecule has 8 heteroatoms. The number of nitrogens with one attached hydrogen (secondary N) is 1. The largest absolute Gasteiger partial charge is 0.452 e. The highest BCUT2D eigenvalue weighted by Gasteiger charge is 2.36. The van der Waals surface area contributed by atoms with E-state index >= 15 is 0 Å². The Balaban J connectivity index is 2.56. The topological polar surface area (TPSA) is 37.8 Å². The van der Waals surface area contributed by atoms with E-state index in [1.165, 1.54) is 0 Å². The molecule has 0 saturated heterocycles. The molecule has 0 aliphatic carbocycles. The van der Waals surface area contributed by atoms with Gasteiger partial charge in [0, 0.05) is 24.0 Å². The molecule has 98 valence electrons. The maximum absolute atomic E-state index is 12.2. The maximum Gasteiger partial charge on any atom is 0.452 e. The number of alkyl halides is 4. The SMILES string of the molecule is CC(C)(CCCl)CNc1nc(C(F)(F)F)ns1. The zero-order chi connectivity index (χ0) is 13.1. The van der Waals surface area contributed by atoms with Crippen molar-refractivity contribution in [3.05, 3.63) is 5.82 Å². The van der Waals surface area contributed by atoms with Gasteiger partial charge >= 0.3 is 6.18 Å². The molecule has 0 radical (unpaired) electrons. The van der Waals surface area contributed by atoms with Crippen molar-refractivity contribution in [1.29, 1.82) is 0 Å². The van der Waals surface area contributed by atoms with Crippen LogP contribution in [0.15, 0.2) is 0 Å². The third-order valence-corrected chi connectivity index (χ3v) is 3.03. The first-order chi connectivity index (χ1) is 7.74. The van der Waals surface area contributed by atoms with Gasteiger partial charge in [-0.3, -0.25) is 0 Å². The molecule has 1 aromatic rings. The van der Waals surface area contributed by atoms with Gasteiger partial charge in [0.15, 0.2) is 0 Å². The molecular weight excluding hydrogens is 275 g/mol. The first kappa shape index (κ1) is 14.5. The van der Waals surface area contributed by atoms with E-state index in [-0.39, 0.29) is 10.5 Å². The third kappa shape index (κ3) is 4.67. The molecule has 1 heterocycles. The van der Waals surface area contributed by atoms with Crippen molar-refractivity contribution in [2.75, 3.05) is 17.7 Å². The lowest BCUT2D eigenvalue weighted by Gasteiger charge is -2.23. The second kappa shape index (κ2) is 5.39. The summed E-state index contributed by atoms with van der Waals surface area (Å²) in [5.41, 5.74) is -0.0915. The van der Waals surface area contributed by atoms with Crippen LogP contribution in [0.4, 0.5) is 18.3 Å². The van der Waals surface area contributed by atoms with Gasteiger partial charge in [0.2, 0.25) is 11.0 Å². The summed E-state index contributed by atoms with van der Waals surface area (Å²) < 4.78 is 39.9. The monoisotopic (exact) mass is 287 g/mol. The average Bonchev–Trinajstić information content (AvgIpc) is 2.62. The molecule has 0 amide bonds. The highest BCUT2D eigenvalue weighted by atomic mass is 35.5. The van der Waals surface area contributed by atoms with Crippen LogP contribution in [0.25, 0.3) is 0 Å². The Morgan fingerprint density at radius 3 is 2.47 bits per heavy atom. The fourth-order valence-corrected chi connectivity index (χ4v) is 2.16. The molecule has 1 rings (SSSR count). The Morgan fingerprint density at radius 1 is 1.35 bits per heavy atom. The summed E-state index contributed by atoms with van der Waals surface area (Å²) in [4.78, 5) is 3.38. The van der Waals surface area contributed by atoms with Crippen LogP contribution >= 0.6 is 23.1 Å². The van der Waals surface area contributed by atoms with Gasteiger partial charge in [-0.25, -0.2) is 0 Å². The van der Waals surface area contributed by atoms with Crippen molar-refractivity contribution in [1.82, 2.24) is 9.36 Å². The number of hydrogen-bond donors (Lipinski definition) is 1. The fourth-order valence-electron chi connectivity index (χ4n) is 1.07. The standard InChI is InChI=1S/C9H13ClF3N3S/c1-8(2,3-4-10)5-14-7-15-6(16-17-7)9(11,12)13/h3-5H2,1-2H3,(H,14,15,16). The van der Waals surface area contributed by atoms with Crippen molar-refractivity contribution < 1.29 is 13.2 Å². The van der Waals surface area contributed by atoms with E-state index in [2.05, 4.69) is 14.7 Å². The maximum atomic E-state index is 12.2. The van der Waals surface area contributed by atoms with Gasteiger partial charge in [-0.1, -0.05) is 13.8 Å². The lowest BCUT2D eigenvalue weighted by molar-refractivity contribution is -0.144. The smallest absolute Gasteiger partial charge is 0.360 e. The molecule has 0 atom stereocenters. The predicted molar refractivity (Wildman–Crippen MR) is 62.5 cm³/mol. The Labute approximate surface area is 107 Å². The molecule has 0 aliphatic rings. The minimum absolute atomic E-state index is 0.0915. The highest BCUT2D eigenvalue weighted by molar-refractivity contribution is 7.09. The van der Waals surface area contributed by atoms with Crippen LogP contribution < -0.4 is 5.32 Å². The van der Waals surface area contributed by atoms with Gasteiger partial charge in [-0.15, -0.1) is 11.6 Å².